The average molecular weight is 217 g/mol. The highest BCUT2D eigenvalue weighted by Crippen LogP contribution is 2.10. The van der Waals surface area contributed by atoms with E-state index in [0.29, 0.717) is 15.6 Å². The Bertz CT molecular complexity index is 373. The van der Waals surface area contributed by atoms with Gasteiger partial charge in [-0.15, -0.1) is 0 Å². The number of hydrogen-bond acceptors (Lipinski definition) is 4. The van der Waals surface area contributed by atoms with E-state index in [4.69, 9.17) is 29.2 Å². The largest absolute Gasteiger partial charge is 0.459 e. The second kappa shape index (κ2) is 3.55. The number of ether oxygens (including phenoxy) is 1. The standard InChI is InChI=1S/C7H11N3OS2/c1-7(2,3)11-4-8-5(12)10-6(13)9-4/h1-3H3,(H2,8,9,10,12,13). The van der Waals surface area contributed by atoms with E-state index < -0.39 is 0 Å². The lowest BCUT2D eigenvalue weighted by Gasteiger charge is -2.19. The third-order valence-electron chi connectivity index (χ3n) is 1.05. The van der Waals surface area contributed by atoms with Gasteiger partial charge >= 0.3 is 0 Å². The molecule has 4 nitrogen and oxygen atoms in total. The summed E-state index contributed by atoms with van der Waals surface area (Å²) in [6.07, 6.45) is 0. The quantitative estimate of drug-likeness (QED) is 0.709. The molecule has 0 saturated carbocycles. The van der Waals surface area contributed by atoms with Gasteiger partial charge in [-0.3, -0.25) is 4.98 Å². The van der Waals surface area contributed by atoms with Crippen LogP contribution in [0.2, 0.25) is 0 Å². The first-order chi connectivity index (χ1) is 5.87. The van der Waals surface area contributed by atoms with Gasteiger partial charge in [-0.05, 0) is 45.2 Å². The molecular formula is C7H11N3OS2. The van der Waals surface area contributed by atoms with Crippen molar-refractivity contribution in [3.8, 4) is 6.01 Å². The first-order valence-corrected chi connectivity index (χ1v) is 4.58. The zero-order valence-corrected chi connectivity index (χ0v) is 9.30. The minimum atomic E-state index is -0.311. The van der Waals surface area contributed by atoms with Crippen LogP contribution in [-0.4, -0.2) is 20.6 Å². The lowest BCUT2D eigenvalue weighted by molar-refractivity contribution is 0.116. The molecule has 1 aromatic heterocycles. The number of aromatic nitrogens is 3. The first-order valence-electron chi connectivity index (χ1n) is 3.76. The third kappa shape index (κ3) is 3.65. The van der Waals surface area contributed by atoms with Crippen molar-refractivity contribution in [2.24, 2.45) is 0 Å². The summed E-state index contributed by atoms with van der Waals surface area (Å²) in [7, 11) is 0. The summed E-state index contributed by atoms with van der Waals surface area (Å²) < 4.78 is 6.18. The van der Waals surface area contributed by atoms with E-state index in [-0.39, 0.29) is 5.60 Å². The molecule has 0 spiro atoms. The Hall–Kier alpha value is -0.750. The van der Waals surface area contributed by atoms with E-state index in [0.717, 1.165) is 0 Å². The number of rotatable bonds is 1. The Labute approximate surface area is 86.4 Å². The molecule has 1 heterocycles. The molecule has 0 aromatic carbocycles. The van der Waals surface area contributed by atoms with Crippen LogP contribution in [0.3, 0.4) is 0 Å². The maximum Gasteiger partial charge on any atom is 0.298 e. The molecule has 1 aromatic rings. The molecule has 0 unspecified atom stereocenters. The molecule has 0 aliphatic rings. The zero-order valence-electron chi connectivity index (χ0n) is 7.67. The number of hydrogen-bond donors (Lipinski definition) is 2. The first kappa shape index (κ1) is 10.3. The van der Waals surface area contributed by atoms with E-state index in [1.807, 2.05) is 20.8 Å². The van der Waals surface area contributed by atoms with Crippen LogP contribution in [0.4, 0.5) is 0 Å². The van der Waals surface area contributed by atoms with Crippen LogP contribution < -0.4 is 4.74 Å². The van der Waals surface area contributed by atoms with Gasteiger partial charge in [0.2, 0.25) is 4.77 Å². The predicted octanol–water partition coefficient (Wildman–Crippen LogP) is 2.37. The molecule has 0 aliphatic heterocycles. The summed E-state index contributed by atoms with van der Waals surface area (Å²) in [5, 5.41) is 0. The number of aromatic amines is 2. The van der Waals surface area contributed by atoms with Gasteiger partial charge < -0.3 is 9.72 Å². The maximum absolute atomic E-state index is 5.44. The summed E-state index contributed by atoms with van der Waals surface area (Å²) in [4.78, 5) is 9.38. The molecule has 0 atom stereocenters. The molecule has 0 bridgehead atoms. The normalized spacial score (nSPS) is 11.3. The second-order valence-corrected chi connectivity index (χ2v) is 4.31. The van der Waals surface area contributed by atoms with E-state index in [2.05, 4.69) is 15.0 Å². The summed E-state index contributed by atoms with van der Waals surface area (Å²) in [6.45, 7) is 5.77. The van der Waals surface area contributed by atoms with Gasteiger partial charge in [0.15, 0.2) is 4.77 Å². The monoisotopic (exact) mass is 217 g/mol. The predicted molar refractivity (Wildman–Crippen MR) is 55.0 cm³/mol. The topological polar surface area (TPSA) is 53.7 Å². The number of H-pyrrole nitrogens is 2. The Kier molecular flexibility index (Phi) is 2.82. The van der Waals surface area contributed by atoms with Gasteiger partial charge in [0.25, 0.3) is 6.01 Å². The van der Waals surface area contributed by atoms with E-state index in [1.165, 1.54) is 0 Å². The van der Waals surface area contributed by atoms with Crippen LogP contribution in [0.25, 0.3) is 0 Å². The van der Waals surface area contributed by atoms with Crippen molar-refractivity contribution >= 4 is 24.4 Å². The highest BCUT2D eigenvalue weighted by atomic mass is 32.1. The minimum Gasteiger partial charge on any atom is -0.459 e. The van der Waals surface area contributed by atoms with E-state index >= 15 is 0 Å². The Morgan fingerprint density at radius 1 is 1.23 bits per heavy atom. The Morgan fingerprint density at radius 3 is 2.31 bits per heavy atom. The fourth-order valence-corrected chi connectivity index (χ4v) is 1.15. The number of nitrogens with one attached hydrogen (secondary N) is 2. The van der Waals surface area contributed by atoms with Gasteiger partial charge in [0, 0.05) is 0 Å². The lowest BCUT2D eigenvalue weighted by Crippen LogP contribution is -2.24. The highest BCUT2D eigenvalue weighted by Gasteiger charge is 2.12. The second-order valence-electron chi connectivity index (χ2n) is 3.52. The fraction of sp³-hybridized carbons (Fsp3) is 0.571. The van der Waals surface area contributed by atoms with Crippen molar-refractivity contribution in [1.82, 2.24) is 15.0 Å². The van der Waals surface area contributed by atoms with Crippen LogP contribution in [0.1, 0.15) is 20.8 Å². The summed E-state index contributed by atoms with van der Waals surface area (Å²) >= 11 is 9.72. The molecule has 0 aliphatic carbocycles. The smallest absolute Gasteiger partial charge is 0.298 e. The fourth-order valence-electron chi connectivity index (χ4n) is 0.712. The molecule has 0 fully saturated rings. The Balaban J connectivity index is 3.03. The molecule has 6 heteroatoms. The van der Waals surface area contributed by atoms with E-state index in [9.17, 15) is 0 Å². The number of nitrogens with zero attached hydrogens (tertiary/aromatic N) is 1. The van der Waals surface area contributed by atoms with Crippen LogP contribution in [0.15, 0.2) is 0 Å². The zero-order chi connectivity index (χ0) is 10.1. The lowest BCUT2D eigenvalue weighted by atomic mass is 10.2. The van der Waals surface area contributed by atoms with Crippen molar-refractivity contribution in [3.05, 3.63) is 9.54 Å². The van der Waals surface area contributed by atoms with Crippen molar-refractivity contribution in [2.75, 3.05) is 0 Å². The molecule has 72 valence electrons. The van der Waals surface area contributed by atoms with Crippen LogP contribution >= 0.6 is 24.4 Å². The van der Waals surface area contributed by atoms with Gasteiger partial charge in [0.1, 0.15) is 5.60 Å². The summed E-state index contributed by atoms with van der Waals surface area (Å²) in [5.74, 6) is 0. The molecule has 13 heavy (non-hydrogen) atoms. The molecule has 0 radical (unpaired) electrons. The van der Waals surface area contributed by atoms with Crippen molar-refractivity contribution < 1.29 is 4.74 Å². The molecule has 2 N–H and O–H groups in total. The van der Waals surface area contributed by atoms with Gasteiger partial charge in [-0.2, -0.15) is 4.98 Å². The van der Waals surface area contributed by atoms with Gasteiger partial charge in [0.05, 0.1) is 0 Å². The van der Waals surface area contributed by atoms with Crippen molar-refractivity contribution in [1.29, 1.82) is 0 Å². The SMILES string of the molecule is CC(C)(C)Oc1nc(=S)[nH]c(=S)[nH]1. The summed E-state index contributed by atoms with van der Waals surface area (Å²) in [6, 6.07) is 0.348. The van der Waals surface area contributed by atoms with Crippen LogP contribution in [0.5, 0.6) is 6.01 Å². The van der Waals surface area contributed by atoms with E-state index in [1.54, 1.807) is 0 Å². The minimum absolute atomic E-state index is 0.311. The summed E-state index contributed by atoms with van der Waals surface area (Å²) in [5.41, 5.74) is -0.311. The van der Waals surface area contributed by atoms with Crippen LogP contribution in [-0.2, 0) is 0 Å². The van der Waals surface area contributed by atoms with Gasteiger partial charge in [-0.25, -0.2) is 0 Å². The Morgan fingerprint density at radius 2 is 1.85 bits per heavy atom. The molecule has 1 rings (SSSR count). The van der Waals surface area contributed by atoms with Crippen LogP contribution in [0, 0.1) is 9.54 Å². The van der Waals surface area contributed by atoms with Crippen molar-refractivity contribution in [2.45, 2.75) is 26.4 Å². The average Bonchev–Trinajstić information content (AvgIpc) is 1.78. The molecule has 0 amide bonds. The van der Waals surface area contributed by atoms with Crippen molar-refractivity contribution in [3.63, 3.8) is 0 Å². The van der Waals surface area contributed by atoms with Gasteiger partial charge in [-0.1, -0.05) is 0 Å². The third-order valence-corrected chi connectivity index (χ3v) is 1.44. The molecular weight excluding hydrogens is 206 g/mol. The molecule has 0 saturated heterocycles. The highest BCUT2D eigenvalue weighted by molar-refractivity contribution is 7.71. The maximum atomic E-state index is 5.44.